The van der Waals surface area contributed by atoms with E-state index in [0.717, 1.165) is 33.7 Å². The normalized spacial score (nSPS) is 14.4. The van der Waals surface area contributed by atoms with Crippen LogP contribution in [0, 0.1) is 0 Å². The van der Waals surface area contributed by atoms with E-state index in [2.05, 4.69) is 24.8 Å². The van der Waals surface area contributed by atoms with Crippen molar-refractivity contribution in [2.75, 3.05) is 39.9 Å². The molecule has 5 rings (SSSR count). The average molecular weight is 570 g/mol. The molecule has 1 aromatic carbocycles. The quantitative estimate of drug-likeness (QED) is 0.322. The van der Waals surface area contributed by atoms with Crippen LogP contribution < -0.4 is 9.47 Å². The molecule has 1 aliphatic rings. The van der Waals surface area contributed by atoms with Gasteiger partial charge in [-0.25, -0.2) is 9.97 Å². The molecule has 0 atom stereocenters. The Bertz CT molecular complexity index is 1520. The maximum Gasteiger partial charge on any atom is 0.397 e. The Hall–Kier alpha value is -4.26. The van der Waals surface area contributed by atoms with Crippen LogP contribution in [0.1, 0.15) is 30.4 Å². The van der Waals surface area contributed by atoms with Crippen molar-refractivity contribution in [2.24, 2.45) is 0 Å². The van der Waals surface area contributed by atoms with Crippen LogP contribution in [0.5, 0.6) is 11.6 Å². The topological polar surface area (TPSA) is 109 Å². The molecule has 0 bridgehead atoms. The molecule has 1 fully saturated rings. The number of aromatic nitrogens is 5. The van der Waals surface area contributed by atoms with Gasteiger partial charge in [0, 0.05) is 56.6 Å². The molecule has 13 heteroatoms. The second-order valence-electron chi connectivity index (χ2n) is 9.69. The zero-order chi connectivity index (χ0) is 29.0. The maximum atomic E-state index is 12.5. The van der Waals surface area contributed by atoms with Crippen LogP contribution in [0.4, 0.5) is 13.2 Å². The van der Waals surface area contributed by atoms with E-state index in [9.17, 15) is 18.0 Å². The van der Waals surface area contributed by atoms with Crippen molar-refractivity contribution < 1.29 is 27.4 Å². The van der Waals surface area contributed by atoms with Crippen molar-refractivity contribution >= 4 is 16.9 Å². The van der Waals surface area contributed by atoms with Crippen LogP contribution >= 0.6 is 0 Å². The van der Waals surface area contributed by atoms with Gasteiger partial charge in [0.25, 0.3) is 5.88 Å². The third kappa shape index (κ3) is 6.91. The molecule has 1 amide bonds. The minimum atomic E-state index is -4.48. The summed E-state index contributed by atoms with van der Waals surface area (Å²) in [5.41, 5.74) is 4.95. The van der Waals surface area contributed by atoms with Crippen LogP contribution in [0.15, 0.2) is 42.9 Å². The van der Waals surface area contributed by atoms with Crippen molar-refractivity contribution in [3.05, 3.63) is 59.9 Å². The lowest BCUT2D eigenvalue weighted by Gasteiger charge is -2.35. The van der Waals surface area contributed by atoms with Crippen LogP contribution in [0.3, 0.4) is 0 Å². The number of fused-ring (bicyclic) bond motifs is 1. The highest BCUT2D eigenvalue weighted by Crippen LogP contribution is 2.35. The van der Waals surface area contributed by atoms with Gasteiger partial charge < -0.3 is 19.4 Å². The van der Waals surface area contributed by atoms with E-state index in [1.165, 1.54) is 11.2 Å². The largest absolute Gasteiger partial charge is 0.490 e. The second-order valence-corrected chi connectivity index (χ2v) is 9.69. The standard InChI is InChI=1S/C28H30F3N7O3/c1-3-41-27-26(40-2)25(33-17-34-27)19-4-5-21-22(13-19)36-23(35-21)14-20-12-18(6-7-32-20)16-37-8-10-38(11-9-37)24(39)15-28(29,30)31/h4-7,12-13,17H,3,8-11,14-16H2,1-2H3,(H,35,36). The third-order valence-corrected chi connectivity index (χ3v) is 6.77. The van der Waals surface area contributed by atoms with Crippen LogP contribution in [0.2, 0.25) is 0 Å². The lowest BCUT2D eigenvalue weighted by atomic mass is 10.1. The maximum absolute atomic E-state index is 12.5. The number of nitrogens with one attached hydrogen (secondary N) is 1. The van der Waals surface area contributed by atoms with Crippen LogP contribution in [0.25, 0.3) is 22.3 Å². The lowest BCUT2D eigenvalue weighted by molar-refractivity contribution is -0.162. The van der Waals surface area contributed by atoms with Crippen LogP contribution in [-0.4, -0.2) is 86.7 Å². The van der Waals surface area contributed by atoms with Gasteiger partial charge in [-0.2, -0.15) is 18.2 Å². The second kappa shape index (κ2) is 12.1. The molecule has 1 saturated heterocycles. The summed E-state index contributed by atoms with van der Waals surface area (Å²) in [4.78, 5) is 36.4. The molecule has 3 aromatic heterocycles. The fourth-order valence-corrected chi connectivity index (χ4v) is 4.87. The summed E-state index contributed by atoms with van der Waals surface area (Å²) in [7, 11) is 1.55. The number of aromatic amines is 1. The molecule has 216 valence electrons. The Balaban J connectivity index is 1.24. The summed E-state index contributed by atoms with van der Waals surface area (Å²) in [6, 6.07) is 9.70. The fourth-order valence-electron chi connectivity index (χ4n) is 4.87. The Labute approximate surface area is 234 Å². The van der Waals surface area contributed by atoms with E-state index < -0.39 is 18.5 Å². The van der Waals surface area contributed by atoms with E-state index in [1.807, 2.05) is 37.3 Å². The molecular formula is C28H30F3N7O3. The molecule has 1 N–H and O–H groups in total. The van der Waals surface area contributed by atoms with E-state index in [-0.39, 0.29) is 13.1 Å². The summed E-state index contributed by atoms with van der Waals surface area (Å²) in [6.45, 7) is 4.52. The molecule has 4 heterocycles. The number of carbonyl (C=O) groups is 1. The van der Waals surface area contributed by atoms with Crippen molar-refractivity contribution in [3.8, 4) is 22.9 Å². The highest BCUT2D eigenvalue weighted by atomic mass is 19.4. The summed E-state index contributed by atoms with van der Waals surface area (Å²) in [5, 5.41) is 0. The van der Waals surface area contributed by atoms with Gasteiger partial charge in [0.05, 0.1) is 24.8 Å². The number of H-pyrrole nitrogens is 1. The Morgan fingerprint density at radius 3 is 2.61 bits per heavy atom. The number of halogens is 3. The molecule has 0 unspecified atom stereocenters. The van der Waals surface area contributed by atoms with Gasteiger partial charge >= 0.3 is 6.18 Å². The van der Waals surface area contributed by atoms with Crippen molar-refractivity contribution in [2.45, 2.75) is 32.5 Å². The van der Waals surface area contributed by atoms with Gasteiger partial charge in [-0.15, -0.1) is 0 Å². The van der Waals surface area contributed by atoms with Crippen molar-refractivity contribution in [1.82, 2.24) is 34.7 Å². The summed E-state index contributed by atoms with van der Waals surface area (Å²) in [6.07, 6.45) is -2.22. The number of methoxy groups -OCH3 is 1. The molecule has 0 spiro atoms. The predicted molar refractivity (Wildman–Crippen MR) is 144 cm³/mol. The average Bonchev–Trinajstić information content (AvgIpc) is 3.34. The molecule has 1 aliphatic heterocycles. The van der Waals surface area contributed by atoms with Crippen LogP contribution in [-0.2, 0) is 17.8 Å². The Morgan fingerprint density at radius 1 is 1.07 bits per heavy atom. The van der Waals surface area contributed by atoms with Gasteiger partial charge in [0.2, 0.25) is 11.7 Å². The smallest absolute Gasteiger partial charge is 0.397 e. The van der Waals surface area contributed by atoms with Gasteiger partial charge in [-0.05, 0) is 36.8 Å². The zero-order valence-corrected chi connectivity index (χ0v) is 22.7. The van der Waals surface area contributed by atoms with Gasteiger partial charge in [0.15, 0.2) is 0 Å². The number of ether oxygens (including phenoxy) is 2. The van der Waals surface area contributed by atoms with E-state index in [1.54, 1.807) is 13.3 Å². The lowest BCUT2D eigenvalue weighted by Crippen LogP contribution is -2.49. The minimum Gasteiger partial charge on any atom is -0.490 e. The van der Waals surface area contributed by atoms with E-state index in [4.69, 9.17) is 14.5 Å². The van der Waals surface area contributed by atoms with E-state index in [0.29, 0.717) is 50.0 Å². The Kier molecular flexibility index (Phi) is 8.34. The first-order valence-corrected chi connectivity index (χ1v) is 13.2. The summed E-state index contributed by atoms with van der Waals surface area (Å²) in [5.74, 6) is 0.730. The number of nitrogens with zero attached hydrogens (tertiary/aromatic N) is 6. The highest BCUT2D eigenvalue weighted by molar-refractivity contribution is 5.83. The first-order chi connectivity index (χ1) is 19.7. The molecule has 0 aliphatic carbocycles. The van der Waals surface area contributed by atoms with Crippen molar-refractivity contribution in [1.29, 1.82) is 0 Å². The summed E-state index contributed by atoms with van der Waals surface area (Å²) >= 11 is 0. The molecule has 4 aromatic rings. The van der Waals surface area contributed by atoms with Crippen molar-refractivity contribution in [3.63, 3.8) is 0 Å². The number of carbonyl (C=O) groups excluding carboxylic acids is 1. The number of pyridine rings is 1. The minimum absolute atomic E-state index is 0.279. The number of alkyl halides is 3. The molecule has 41 heavy (non-hydrogen) atoms. The number of hydrogen-bond acceptors (Lipinski definition) is 8. The number of rotatable bonds is 9. The van der Waals surface area contributed by atoms with Gasteiger partial charge in [-0.3, -0.25) is 14.7 Å². The zero-order valence-electron chi connectivity index (χ0n) is 22.7. The first kappa shape index (κ1) is 28.3. The molecule has 0 radical (unpaired) electrons. The summed E-state index contributed by atoms with van der Waals surface area (Å²) < 4.78 is 48.8. The number of amides is 1. The molecular weight excluding hydrogens is 539 g/mol. The predicted octanol–water partition coefficient (Wildman–Crippen LogP) is 4.01. The van der Waals surface area contributed by atoms with E-state index >= 15 is 0 Å². The monoisotopic (exact) mass is 569 g/mol. The highest BCUT2D eigenvalue weighted by Gasteiger charge is 2.34. The fraction of sp³-hybridized carbons (Fsp3) is 0.393. The molecule has 10 nitrogen and oxygen atoms in total. The number of hydrogen-bond donors (Lipinski definition) is 1. The number of piperazine rings is 1. The Morgan fingerprint density at radius 2 is 1.88 bits per heavy atom. The van der Waals surface area contributed by atoms with Gasteiger partial charge in [-0.1, -0.05) is 6.07 Å². The van der Waals surface area contributed by atoms with Gasteiger partial charge in [0.1, 0.15) is 24.3 Å². The molecule has 0 saturated carbocycles. The SMILES string of the molecule is CCOc1ncnc(-c2ccc3nc(Cc4cc(CN5CCN(C(=O)CC(F)(F)F)CC5)ccn4)[nH]c3c2)c1OC. The number of benzene rings is 1. The third-order valence-electron chi connectivity index (χ3n) is 6.77. The number of imidazole rings is 1. The first-order valence-electron chi connectivity index (χ1n) is 13.2.